The molecule has 0 radical (unpaired) electrons. The van der Waals surface area contributed by atoms with Gasteiger partial charge in [0, 0.05) is 43.2 Å². The molecule has 1 aromatic carbocycles. The number of rotatable bonds is 14. The monoisotopic (exact) mass is 830 g/mol. The lowest BCUT2D eigenvalue weighted by atomic mass is 9.52. The molecule has 12 heteroatoms. The first-order valence-corrected chi connectivity index (χ1v) is 22.6. The van der Waals surface area contributed by atoms with Crippen LogP contribution in [0.5, 0.6) is 0 Å². The van der Waals surface area contributed by atoms with Crippen molar-refractivity contribution in [3.05, 3.63) is 52.6 Å². The summed E-state index contributed by atoms with van der Waals surface area (Å²) < 4.78 is 31.6. The average Bonchev–Trinajstić information content (AvgIpc) is 4.10. The van der Waals surface area contributed by atoms with Gasteiger partial charge in [0.15, 0.2) is 5.79 Å². The quantitative estimate of drug-likeness (QED) is 0.136. The Hall–Kier alpha value is -3.58. The van der Waals surface area contributed by atoms with Crippen LogP contribution in [0.3, 0.4) is 0 Å². The number of benzene rings is 1. The summed E-state index contributed by atoms with van der Waals surface area (Å²) in [6.45, 7) is 12.1. The van der Waals surface area contributed by atoms with E-state index in [1.165, 1.54) is 5.57 Å². The lowest BCUT2D eigenvalue weighted by Gasteiger charge is -2.53. The number of ether oxygens (including phenoxy) is 5. The third-order valence-corrected chi connectivity index (χ3v) is 14.2. The molecule has 0 bridgehead atoms. The highest BCUT2D eigenvalue weighted by atomic mass is 16.8. The van der Waals surface area contributed by atoms with Crippen LogP contribution in [0.15, 0.2) is 41.5 Å². The Balaban J connectivity index is 0.942. The molecule has 2 heterocycles. The molecule has 5 aliphatic carbocycles. The number of hydrogen-bond acceptors (Lipinski definition) is 10. The molecular weight excluding hydrogens is 765 g/mol. The predicted octanol–water partition coefficient (Wildman–Crippen LogP) is 6.72. The van der Waals surface area contributed by atoms with Crippen LogP contribution < -0.4 is 10.6 Å². The van der Waals surface area contributed by atoms with E-state index in [0.717, 1.165) is 63.4 Å². The molecule has 0 spiro atoms. The van der Waals surface area contributed by atoms with Crippen molar-refractivity contribution in [2.45, 2.75) is 172 Å². The third kappa shape index (κ3) is 9.42. The highest BCUT2D eigenvalue weighted by Crippen LogP contribution is 2.61. The van der Waals surface area contributed by atoms with Crippen LogP contribution in [-0.2, 0) is 38.1 Å². The number of fused-ring (bicyclic) bond motifs is 3. The fourth-order valence-electron chi connectivity index (χ4n) is 10.6. The van der Waals surface area contributed by atoms with E-state index in [9.17, 15) is 24.3 Å². The minimum atomic E-state index is -0.765. The summed E-state index contributed by atoms with van der Waals surface area (Å²) in [6.07, 6.45) is 12.2. The Morgan fingerprint density at radius 3 is 2.38 bits per heavy atom. The summed E-state index contributed by atoms with van der Waals surface area (Å²) in [6, 6.07) is 7.02. The van der Waals surface area contributed by atoms with E-state index in [1.54, 1.807) is 20.8 Å². The summed E-state index contributed by atoms with van der Waals surface area (Å²) in [5.41, 5.74) is 2.75. The summed E-state index contributed by atoms with van der Waals surface area (Å²) in [7, 11) is 0. The van der Waals surface area contributed by atoms with Crippen LogP contribution in [-0.4, -0.2) is 89.5 Å². The molecule has 3 N–H and O–H groups in total. The van der Waals surface area contributed by atoms with Crippen LogP contribution in [0.2, 0.25) is 0 Å². The van der Waals surface area contributed by atoms with Gasteiger partial charge in [-0.05, 0) is 127 Å². The zero-order chi connectivity index (χ0) is 42.6. The van der Waals surface area contributed by atoms with Crippen molar-refractivity contribution in [2.24, 2.45) is 29.1 Å². The third-order valence-electron chi connectivity index (χ3n) is 14.2. The first-order valence-electron chi connectivity index (χ1n) is 22.6. The fraction of sp³-hybridized carbons (Fsp3) is 0.708. The number of allylic oxidation sites excluding steroid dienone is 1. The standard InChI is InChI=1S/C48H66N2O10/c1-45(2,3)59-41(53)18-16-33(27-51)50-40(52)20-22-49-43(54)30-24-37(42-38(25-30)57-48(60-42,31-12-13-31)32-14-15-32)56-44(55)34-10-8-7-9-28(34)23-29-11-17-39-47(6,58-39)21-19-36-35(29)26-46(36,4)5/h7-10,23,25,31-33,35-39,42,51H,11-22,24,26-27H2,1-6H3,(H,49,54)(H,50,52)/t33-,35+,36+,37+,38+,39?,42-,47+/m0/s1. The van der Waals surface area contributed by atoms with Crippen LogP contribution in [0.4, 0.5) is 0 Å². The van der Waals surface area contributed by atoms with E-state index in [0.29, 0.717) is 23.0 Å². The van der Waals surface area contributed by atoms with Gasteiger partial charge in [0.05, 0.1) is 29.9 Å². The van der Waals surface area contributed by atoms with E-state index in [2.05, 4.69) is 37.5 Å². The van der Waals surface area contributed by atoms with Crippen molar-refractivity contribution >= 4 is 29.8 Å². The van der Waals surface area contributed by atoms with Crippen molar-refractivity contribution in [1.29, 1.82) is 0 Å². The second-order valence-corrected chi connectivity index (χ2v) is 20.6. The number of nitrogens with one attached hydrogen (secondary N) is 2. The van der Waals surface area contributed by atoms with Gasteiger partial charge in [-0.3, -0.25) is 14.4 Å². The van der Waals surface area contributed by atoms with Crippen molar-refractivity contribution in [2.75, 3.05) is 13.2 Å². The maximum atomic E-state index is 14.4. The largest absolute Gasteiger partial charge is 0.460 e. The Morgan fingerprint density at radius 1 is 0.967 bits per heavy atom. The van der Waals surface area contributed by atoms with Gasteiger partial charge in [-0.2, -0.15) is 0 Å². The van der Waals surface area contributed by atoms with Gasteiger partial charge < -0.3 is 39.4 Å². The SMILES string of the molecule is CC(C)(C)OC(=O)CC[C@@H](CO)NC(=O)CCNC(=O)C1=C[C@H]2OC(C3CC3)(C3CC3)O[C@H]2[C@H](OC(=O)c2ccccc2C=C2CCC3O[C@]3(C)CC[C@@H]3[C@@H]2CC3(C)C)C1. The highest BCUT2D eigenvalue weighted by molar-refractivity contribution is 5.95. The molecule has 0 aromatic heterocycles. The zero-order valence-electron chi connectivity index (χ0n) is 36.4. The zero-order valence-corrected chi connectivity index (χ0v) is 36.4. The Kier molecular flexibility index (Phi) is 11.9. The number of aliphatic hydroxyl groups excluding tert-OH is 1. The number of aliphatic hydroxyl groups is 1. The summed E-state index contributed by atoms with van der Waals surface area (Å²) in [5.74, 6) is -0.733. The Morgan fingerprint density at radius 2 is 1.70 bits per heavy atom. The molecule has 2 aliphatic heterocycles. The van der Waals surface area contributed by atoms with Crippen LogP contribution in [0.1, 0.15) is 141 Å². The molecule has 2 amide bonds. The lowest BCUT2D eigenvalue weighted by molar-refractivity contribution is -0.209. The Labute approximate surface area is 354 Å². The van der Waals surface area contributed by atoms with Crippen molar-refractivity contribution in [1.82, 2.24) is 10.6 Å². The number of hydrogen-bond donors (Lipinski definition) is 3. The average molecular weight is 831 g/mol. The summed E-state index contributed by atoms with van der Waals surface area (Å²) >= 11 is 0. The van der Waals surface area contributed by atoms with E-state index >= 15 is 0 Å². The van der Waals surface area contributed by atoms with Crippen LogP contribution in [0.25, 0.3) is 6.08 Å². The second-order valence-electron chi connectivity index (χ2n) is 20.6. The first-order chi connectivity index (χ1) is 28.5. The predicted molar refractivity (Wildman–Crippen MR) is 223 cm³/mol. The minimum Gasteiger partial charge on any atom is -0.460 e. The van der Waals surface area contributed by atoms with Crippen molar-refractivity contribution in [3.8, 4) is 0 Å². The second kappa shape index (κ2) is 16.6. The fourth-order valence-corrected chi connectivity index (χ4v) is 10.6. The summed E-state index contributed by atoms with van der Waals surface area (Å²) in [5, 5.41) is 15.4. The molecule has 1 unspecified atom stereocenters. The van der Waals surface area contributed by atoms with E-state index in [1.807, 2.05) is 30.3 Å². The molecule has 8 rings (SSSR count). The molecule has 8 atom stereocenters. The highest BCUT2D eigenvalue weighted by Gasteiger charge is 2.64. The summed E-state index contributed by atoms with van der Waals surface area (Å²) in [4.78, 5) is 53.1. The normalized spacial score (nSPS) is 32.6. The lowest BCUT2D eigenvalue weighted by Crippen LogP contribution is -2.45. The number of esters is 2. The van der Waals surface area contributed by atoms with Gasteiger partial charge >= 0.3 is 11.9 Å². The molecule has 60 heavy (non-hydrogen) atoms. The molecular formula is C48H66N2O10. The number of epoxide rings is 1. The van der Waals surface area contributed by atoms with Crippen molar-refractivity contribution < 1.29 is 48.0 Å². The van der Waals surface area contributed by atoms with Crippen LogP contribution >= 0.6 is 0 Å². The minimum absolute atomic E-state index is 0.0117. The molecule has 12 nitrogen and oxygen atoms in total. The first kappa shape index (κ1) is 43.1. The molecule has 6 fully saturated rings. The molecule has 328 valence electrons. The van der Waals surface area contributed by atoms with Gasteiger partial charge in [-0.1, -0.05) is 43.7 Å². The maximum Gasteiger partial charge on any atom is 0.339 e. The number of carbonyl (C=O) groups excluding carboxylic acids is 4. The molecule has 1 aromatic rings. The van der Waals surface area contributed by atoms with Crippen molar-refractivity contribution in [3.63, 3.8) is 0 Å². The molecule has 2 saturated heterocycles. The maximum absolute atomic E-state index is 14.4. The van der Waals surface area contributed by atoms with Gasteiger partial charge in [0.1, 0.15) is 23.9 Å². The number of carbonyl (C=O) groups is 4. The van der Waals surface area contributed by atoms with Gasteiger partial charge in [0.2, 0.25) is 11.8 Å². The van der Waals surface area contributed by atoms with E-state index < -0.39 is 47.7 Å². The van der Waals surface area contributed by atoms with E-state index in [-0.39, 0.29) is 79.6 Å². The smallest absolute Gasteiger partial charge is 0.339 e. The molecule has 4 saturated carbocycles. The van der Waals surface area contributed by atoms with Crippen LogP contribution in [0, 0.1) is 29.1 Å². The topological polar surface area (TPSA) is 162 Å². The Bertz CT molecular complexity index is 1880. The molecule has 7 aliphatic rings. The van der Waals surface area contributed by atoms with Gasteiger partial charge in [-0.15, -0.1) is 0 Å². The van der Waals surface area contributed by atoms with E-state index in [4.69, 9.17) is 23.7 Å². The van der Waals surface area contributed by atoms with Gasteiger partial charge in [-0.25, -0.2) is 4.79 Å². The van der Waals surface area contributed by atoms with Gasteiger partial charge in [0.25, 0.3) is 0 Å². The number of amides is 2.